The zero-order valence-electron chi connectivity index (χ0n) is 11.7. The Hall–Kier alpha value is -2.68. The summed E-state index contributed by atoms with van der Waals surface area (Å²) in [4.78, 5) is 26.6. The van der Waals surface area contributed by atoms with Gasteiger partial charge in [-0.2, -0.15) is 0 Å². The van der Waals surface area contributed by atoms with Gasteiger partial charge in [-0.1, -0.05) is 12.1 Å². The number of carbonyl (C=O) groups is 2. The van der Waals surface area contributed by atoms with E-state index in [1.165, 1.54) is 23.0 Å². The maximum absolute atomic E-state index is 11.5. The second kappa shape index (κ2) is 5.60. The van der Waals surface area contributed by atoms with Crippen molar-refractivity contribution in [3.63, 3.8) is 0 Å². The lowest BCUT2D eigenvalue weighted by molar-refractivity contribution is 0.0959. The molecule has 1 heterocycles. The average molecular weight is 322 g/mol. The number of primary amides is 2. The van der Waals surface area contributed by atoms with Crippen molar-refractivity contribution in [2.45, 2.75) is 11.4 Å². The van der Waals surface area contributed by atoms with Crippen LogP contribution in [0.2, 0.25) is 0 Å². The van der Waals surface area contributed by atoms with Gasteiger partial charge in [-0.05, 0) is 17.7 Å². The first kappa shape index (κ1) is 15.7. The van der Waals surface area contributed by atoms with Crippen molar-refractivity contribution in [1.29, 1.82) is 0 Å². The van der Waals surface area contributed by atoms with E-state index in [0.29, 0.717) is 5.56 Å². The first-order valence-electron chi connectivity index (χ1n) is 6.14. The van der Waals surface area contributed by atoms with E-state index in [1.54, 1.807) is 12.1 Å². The Bertz CT molecular complexity index is 837. The second-order valence-corrected chi connectivity index (χ2v) is 6.73. The van der Waals surface area contributed by atoms with Crippen LogP contribution < -0.4 is 11.5 Å². The van der Waals surface area contributed by atoms with Crippen LogP contribution in [0, 0.1) is 0 Å². The van der Waals surface area contributed by atoms with Gasteiger partial charge in [0, 0.05) is 12.8 Å². The summed E-state index contributed by atoms with van der Waals surface area (Å²) in [6.45, 7) is 0.197. The third-order valence-electron chi connectivity index (χ3n) is 3.01. The fourth-order valence-electron chi connectivity index (χ4n) is 1.98. The minimum atomic E-state index is -3.28. The Morgan fingerprint density at radius 3 is 2.18 bits per heavy atom. The monoisotopic (exact) mass is 322 g/mol. The van der Waals surface area contributed by atoms with Crippen molar-refractivity contribution in [2.75, 3.05) is 6.26 Å². The van der Waals surface area contributed by atoms with Crippen molar-refractivity contribution in [1.82, 2.24) is 9.55 Å². The number of rotatable bonds is 5. The van der Waals surface area contributed by atoms with Crippen LogP contribution in [0.15, 0.2) is 35.5 Å². The summed E-state index contributed by atoms with van der Waals surface area (Å²) in [6, 6.07) is 6.12. The van der Waals surface area contributed by atoms with Crippen molar-refractivity contribution >= 4 is 21.7 Å². The Labute approximate surface area is 126 Å². The standard InChI is InChI=1S/C13H14N4O4S/c1-22(20,21)9-4-2-8(3-5-9)6-17-7-16-10(12(14)18)11(17)13(15)19/h2-5,7H,6H2,1H3,(H2,14,18)(H2,15,19). The maximum atomic E-state index is 11.5. The van der Waals surface area contributed by atoms with Crippen LogP contribution in [-0.2, 0) is 16.4 Å². The minimum absolute atomic E-state index is 0.0836. The highest BCUT2D eigenvalue weighted by Crippen LogP contribution is 2.14. The van der Waals surface area contributed by atoms with Crippen LogP contribution in [0.5, 0.6) is 0 Å². The molecule has 1 aromatic heterocycles. The molecular formula is C13H14N4O4S. The zero-order chi connectivity index (χ0) is 16.5. The summed E-state index contributed by atoms with van der Waals surface area (Å²) in [7, 11) is -3.28. The number of sulfone groups is 1. The fraction of sp³-hybridized carbons (Fsp3) is 0.154. The molecule has 0 atom stereocenters. The Balaban J connectivity index is 2.35. The number of nitrogens with zero attached hydrogens (tertiary/aromatic N) is 2. The topological polar surface area (TPSA) is 138 Å². The lowest BCUT2D eigenvalue weighted by atomic mass is 10.2. The van der Waals surface area contributed by atoms with Crippen LogP contribution in [0.3, 0.4) is 0 Å². The van der Waals surface area contributed by atoms with Crippen LogP contribution in [0.1, 0.15) is 26.5 Å². The van der Waals surface area contributed by atoms with Gasteiger partial charge in [0.25, 0.3) is 11.8 Å². The Morgan fingerprint density at radius 2 is 1.73 bits per heavy atom. The number of aromatic nitrogens is 2. The summed E-state index contributed by atoms with van der Waals surface area (Å²) in [6.07, 6.45) is 2.40. The van der Waals surface area contributed by atoms with Gasteiger partial charge in [0.05, 0.1) is 11.2 Å². The van der Waals surface area contributed by atoms with E-state index in [2.05, 4.69) is 4.98 Å². The van der Waals surface area contributed by atoms with Crippen LogP contribution in [0.4, 0.5) is 0 Å². The van der Waals surface area contributed by atoms with Gasteiger partial charge in [-0.3, -0.25) is 9.59 Å². The molecule has 116 valence electrons. The molecule has 1 aromatic carbocycles. The van der Waals surface area contributed by atoms with Crippen LogP contribution in [-0.4, -0.2) is 36.0 Å². The molecule has 0 radical (unpaired) electrons. The molecule has 2 aromatic rings. The van der Waals surface area contributed by atoms with Gasteiger partial charge in [0.1, 0.15) is 5.69 Å². The molecule has 4 N–H and O–H groups in total. The molecule has 0 bridgehead atoms. The summed E-state index contributed by atoms with van der Waals surface area (Å²) in [5, 5.41) is 0. The molecule has 8 nitrogen and oxygen atoms in total. The number of nitrogens with two attached hydrogens (primary N) is 2. The summed E-state index contributed by atoms with van der Waals surface area (Å²) >= 11 is 0. The van der Waals surface area contributed by atoms with Gasteiger partial charge in [0.15, 0.2) is 15.5 Å². The van der Waals surface area contributed by atoms with E-state index in [-0.39, 0.29) is 22.8 Å². The molecule has 2 rings (SSSR count). The highest BCUT2D eigenvalue weighted by Gasteiger charge is 2.20. The van der Waals surface area contributed by atoms with Gasteiger partial charge in [0.2, 0.25) is 0 Å². The molecule has 0 saturated carbocycles. The molecule has 22 heavy (non-hydrogen) atoms. The van der Waals surface area contributed by atoms with E-state index >= 15 is 0 Å². The normalized spacial score (nSPS) is 11.3. The second-order valence-electron chi connectivity index (χ2n) is 4.71. The molecule has 0 fully saturated rings. The van der Waals surface area contributed by atoms with E-state index < -0.39 is 21.7 Å². The quantitative estimate of drug-likeness (QED) is 0.766. The SMILES string of the molecule is CS(=O)(=O)c1ccc(Cn2cnc(C(N)=O)c2C(N)=O)cc1. The third kappa shape index (κ3) is 3.14. The Kier molecular flexibility index (Phi) is 4.00. The fourth-order valence-corrected chi connectivity index (χ4v) is 2.61. The van der Waals surface area contributed by atoms with E-state index in [4.69, 9.17) is 11.5 Å². The smallest absolute Gasteiger partial charge is 0.269 e. The van der Waals surface area contributed by atoms with E-state index in [9.17, 15) is 18.0 Å². The molecule has 0 unspecified atom stereocenters. The zero-order valence-corrected chi connectivity index (χ0v) is 12.5. The third-order valence-corrected chi connectivity index (χ3v) is 4.14. The van der Waals surface area contributed by atoms with Gasteiger partial charge in [-0.15, -0.1) is 0 Å². The molecule has 2 amide bonds. The van der Waals surface area contributed by atoms with Gasteiger partial charge in [-0.25, -0.2) is 13.4 Å². The number of imidazole rings is 1. The summed E-state index contributed by atoms with van der Waals surface area (Å²) < 4.78 is 24.2. The maximum Gasteiger partial charge on any atom is 0.269 e. The van der Waals surface area contributed by atoms with E-state index in [1.807, 2.05) is 0 Å². The molecule has 0 aliphatic rings. The van der Waals surface area contributed by atoms with Crippen molar-refractivity contribution in [3.8, 4) is 0 Å². The molecular weight excluding hydrogens is 308 g/mol. The Morgan fingerprint density at radius 1 is 1.14 bits per heavy atom. The molecule has 0 aliphatic heterocycles. The number of amides is 2. The van der Waals surface area contributed by atoms with Crippen molar-refractivity contribution < 1.29 is 18.0 Å². The van der Waals surface area contributed by atoms with Crippen LogP contribution >= 0.6 is 0 Å². The highest BCUT2D eigenvalue weighted by molar-refractivity contribution is 7.90. The lowest BCUT2D eigenvalue weighted by Gasteiger charge is -2.07. The highest BCUT2D eigenvalue weighted by atomic mass is 32.2. The summed E-state index contributed by atoms with van der Waals surface area (Å²) in [5.41, 5.74) is 10.8. The minimum Gasteiger partial charge on any atom is -0.364 e. The number of hydrogen-bond acceptors (Lipinski definition) is 5. The molecule has 0 saturated heterocycles. The van der Waals surface area contributed by atoms with Crippen molar-refractivity contribution in [2.24, 2.45) is 11.5 Å². The predicted molar refractivity (Wildman–Crippen MR) is 77.9 cm³/mol. The van der Waals surface area contributed by atoms with Crippen LogP contribution in [0.25, 0.3) is 0 Å². The first-order chi connectivity index (χ1) is 10.2. The largest absolute Gasteiger partial charge is 0.364 e. The van der Waals surface area contributed by atoms with Gasteiger partial charge < -0.3 is 16.0 Å². The molecule has 0 spiro atoms. The number of benzene rings is 1. The first-order valence-corrected chi connectivity index (χ1v) is 8.03. The predicted octanol–water partition coefficient (Wildman–Crippen LogP) is -0.467. The molecule has 9 heteroatoms. The van der Waals surface area contributed by atoms with Crippen molar-refractivity contribution in [3.05, 3.63) is 47.5 Å². The average Bonchev–Trinajstić information content (AvgIpc) is 2.82. The summed E-state index contributed by atoms with van der Waals surface area (Å²) in [5.74, 6) is -1.67. The number of hydrogen-bond donors (Lipinski definition) is 2. The number of carbonyl (C=O) groups excluding carboxylic acids is 2. The lowest BCUT2D eigenvalue weighted by Crippen LogP contribution is -2.23. The molecule has 0 aliphatic carbocycles. The van der Waals surface area contributed by atoms with E-state index in [0.717, 1.165) is 6.26 Å². The van der Waals surface area contributed by atoms with Gasteiger partial charge >= 0.3 is 0 Å².